The number of rotatable bonds is 9. The molecular formula is C25H25ClFN3O4. The minimum Gasteiger partial charge on any atom is -0.376 e. The first-order valence-electron chi connectivity index (χ1n) is 11.1. The van der Waals surface area contributed by atoms with E-state index < -0.39 is 0 Å². The lowest BCUT2D eigenvalue weighted by molar-refractivity contribution is -0.121. The van der Waals surface area contributed by atoms with Crippen LogP contribution in [0.2, 0.25) is 5.02 Å². The second kappa shape index (κ2) is 11.3. The van der Waals surface area contributed by atoms with E-state index in [1.807, 2.05) is 6.07 Å². The van der Waals surface area contributed by atoms with Crippen LogP contribution < -0.4 is 5.32 Å². The highest BCUT2D eigenvalue weighted by Crippen LogP contribution is 2.24. The van der Waals surface area contributed by atoms with Gasteiger partial charge in [0.25, 0.3) is 5.91 Å². The third kappa shape index (κ3) is 6.42. The Morgan fingerprint density at radius 3 is 2.74 bits per heavy atom. The molecule has 1 aliphatic rings. The van der Waals surface area contributed by atoms with Gasteiger partial charge in [-0.3, -0.25) is 9.59 Å². The number of hydrogen-bond acceptors (Lipinski definition) is 5. The van der Waals surface area contributed by atoms with Gasteiger partial charge in [0.2, 0.25) is 5.91 Å². The van der Waals surface area contributed by atoms with Crippen LogP contribution in [-0.2, 0) is 16.1 Å². The molecule has 1 fully saturated rings. The van der Waals surface area contributed by atoms with Gasteiger partial charge in [-0.05, 0) is 42.7 Å². The standard InChI is InChI=1S/C25H25ClFN3O4/c26-19-4-1-3-18(13-19)23-14-22(29-34-23)25(32)30(16-21-5-2-12-33-21)11-10-24(31)28-15-17-6-8-20(27)9-7-17/h1,3-4,6-9,13-14,21H,2,5,10-12,15-16H2,(H,28,31)/t21-/m0/s1. The predicted molar refractivity (Wildman–Crippen MR) is 125 cm³/mol. The van der Waals surface area contributed by atoms with Crippen molar-refractivity contribution in [2.45, 2.75) is 31.9 Å². The molecule has 0 unspecified atom stereocenters. The molecule has 2 heterocycles. The lowest BCUT2D eigenvalue weighted by Gasteiger charge is -2.24. The maximum absolute atomic E-state index is 13.2. The Bertz CT molecular complexity index is 1130. The fraction of sp³-hybridized carbons (Fsp3) is 0.320. The van der Waals surface area contributed by atoms with Crippen LogP contribution in [0, 0.1) is 5.82 Å². The van der Waals surface area contributed by atoms with E-state index in [1.165, 1.54) is 12.1 Å². The van der Waals surface area contributed by atoms with E-state index in [1.54, 1.807) is 41.3 Å². The summed E-state index contributed by atoms with van der Waals surface area (Å²) in [6, 6.07) is 14.6. The Hall–Kier alpha value is -3.23. The van der Waals surface area contributed by atoms with Crippen molar-refractivity contribution in [3.05, 3.63) is 76.7 Å². The van der Waals surface area contributed by atoms with Crippen LogP contribution >= 0.6 is 11.6 Å². The first-order chi connectivity index (χ1) is 16.5. The minimum absolute atomic E-state index is 0.0782. The van der Waals surface area contributed by atoms with Gasteiger partial charge in [-0.1, -0.05) is 41.0 Å². The molecule has 0 spiro atoms. The molecule has 4 rings (SSSR count). The number of nitrogens with zero attached hydrogens (tertiary/aromatic N) is 2. The van der Waals surface area contributed by atoms with Crippen molar-refractivity contribution >= 4 is 23.4 Å². The largest absolute Gasteiger partial charge is 0.376 e. The highest BCUT2D eigenvalue weighted by Gasteiger charge is 2.26. The van der Waals surface area contributed by atoms with Crippen molar-refractivity contribution in [3.8, 4) is 11.3 Å². The normalized spacial score (nSPS) is 15.3. The predicted octanol–water partition coefficient (Wildman–Crippen LogP) is 4.46. The SMILES string of the molecule is O=C(CCN(C[C@@H]1CCCO1)C(=O)c1cc(-c2cccc(Cl)c2)on1)NCc1ccc(F)cc1. The third-order valence-corrected chi connectivity index (χ3v) is 5.82. The van der Waals surface area contributed by atoms with Crippen molar-refractivity contribution in [1.29, 1.82) is 0 Å². The Balaban J connectivity index is 1.39. The van der Waals surface area contributed by atoms with Gasteiger partial charge in [-0.25, -0.2) is 4.39 Å². The molecule has 2 amide bonds. The molecule has 1 atom stereocenters. The van der Waals surface area contributed by atoms with Gasteiger partial charge in [0.1, 0.15) is 5.82 Å². The molecule has 1 aliphatic heterocycles. The van der Waals surface area contributed by atoms with Gasteiger partial charge < -0.3 is 19.5 Å². The molecule has 1 saturated heterocycles. The van der Waals surface area contributed by atoms with E-state index in [9.17, 15) is 14.0 Å². The lowest BCUT2D eigenvalue weighted by atomic mass is 10.1. The summed E-state index contributed by atoms with van der Waals surface area (Å²) >= 11 is 6.05. The van der Waals surface area contributed by atoms with E-state index in [2.05, 4.69) is 10.5 Å². The zero-order chi connectivity index (χ0) is 23.9. The second-order valence-corrected chi connectivity index (χ2v) is 8.56. The van der Waals surface area contributed by atoms with Crippen molar-refractivity contribution < 1.29 is 23.2 Å². The van der Waals surface area contributed by atoms with E-state index in [0.29, 0.717) is 29.5 Å². The van der Waals surface area contributed by atoms with E-state index in [4.69, 9.17) is 20.9 Å². The molecule has 0 aliphatic carbocycles. The monoisotopic (exact) mass is 485 g/mol. The van der Waals surface area contributed by atoms with Gasteiger partial charge in [-0.2, -0.15) is 0 Å². The fourth-order valence-corrected chi connectivity index (χ4v) is 3.94. The Morgan fingerprint density at radius 1 is 1.18 bits per heavy atom. The molecule has 7 nitrogen and oxygen atoms in total. The zero-order valence-corrected chi connectivity index (χ0v) is 19.3. The van der Waals surface area contributed by atoms with Crippen molar-refractivity contribution in [3.63, 3.8) is 0 Å². The van der Waals surface area contributed by atoms with Gasteiger partial charge in [0.05, 0.1) is 6.10 Å². The topological polar surface area (TPSA) is 84.7 Å². The number of benzene rings is 2. The molecule has 9 heteroatoms. The van der Waals surface area contributed by atoms with Crippen molar-refractivity contribution in [2.24, 2.45) is 0 Å². The quantitative estimate of drug-likeness (QED) is 0.483. The van der Waals surface area contributed by atoms with Crippen LogP contribution in [0.5, 0.6) is 0 Å². The number of aromatic nitrogens is 1. The Kier molecular flexibility index (Phi) is 7.92. The molecule has 1 N–H and O–H groups in total. The van der Waals surface area contributed by atoms with Crippen LogP contribution in [0.1, 0.15) is 35.3 Å². The summed E-state index contributed by atoms with van der Waals surface area (Å²) in [7, 11) is 0. The van der Waals surface area contributed by atoms with E-state index in [-0.39, 0.29) is 48.9 Å². The van der Waals surface area contributed by atoms with Crippen molar-refractivity contribution in [1.82, 2.24) is 15.4 Å². The number of carbonyl (C=O) groups excluding carboxylic acids is 2. The smallest absolute Gasteiger partial charge is 0.276 e. The summed E-state index contributed by atoms with van der Waals surface area (Å²) in [5.41, 5.74) is 1.66. The van der Waals surface area contributed by atoms with Crippen LogP contribution in [0.4, 0.5) is 4.39 Å². The summed E-state index contributed by atoms with van der Waals surface area (Å²) in [4.78, 5) is 27.2. The number of nitrogens with one attached hydrogen (secondary N) is 1. The first kappa shape index (κ1) is 23.9. The van der Waals surface area contributed by atoms with Gasteiger partial charge in [0, 0.05) is 49.3 Å². The lowest BCUT2D eigenvalue weighted by Crippen LogP contribution is -2.40. The first-order valence-corrected chi connectivity index (χ1v) is 11.5. The summed E-state index contributed by atoms with van der Waals surface area (Å²) < 4.78 is 24.1. The summed E-state index contributed by atoms with van der Waals surface area (Å²) in [6.45, 7) is 1.51. The Labute approximate surface area is 201 Å². The number of hydrogen-bond donors (Lipinski definition) is 1. The summed E-state index contributed by atoms with van der Waals surface area (Å²) in [5, 5.41) is 7.30. The molecule has 1 aromatic heterocycles. The molecular weight excluding hydrogens is 461 g/mol. The maximum Gasteiger partial charge on any atom is 0.276 e. The van der Waals surface area contributed by atoms with E-state index >= 15 is 0 Å². The number of ether oxygens (including phenoxy) is 1. The molecule has 0 radical (unpaired) electrons. The Morgan fingerprint density at radius 2 is 2.00 bits per heavy atom. The van der Waals surface area contributed by atoms with Crippen molar-refractivity contribution in [2.75, 3.05) is 19.7 Å². The van der Waals surface area contributed by atoms with Gasteiger partial charge in [-0.15, -0.1) is 0 Å². The summed E-state index contributed by atoms with van der Waals surface area (Å²) in [5.74, 6) is -0.446. The maximum atomic E-state index is 13.2. The second-order valence-electron chi connectivity index (χ2n) is 8.13. The van der Waals surface area contributed by atoms with Crippen LogP contribution in [0.3, 0.4) is 0 Å². The molecule has 2 aromatic carbocycles. The molecule has 3 aromatic rings. The highest BCUT2D eigenvalue weighted by molar-refractivity contribution is 6.30. The molecule has 0 bridgehead atoms. The number of carbonyl (C=O) groups is 2. The highest BCUT2D eigenvalue weighted by atomic mass is 35.5. The molecule has 0 saturated carbocycles. The fourth-order valence-electron chi connectivity index (χ4n) is 3.75. The van der Waals surface area contributed by atoms with Crippen LogP contribution in [-0.4, -0.2) is 47.7 Å². The van der Waals surface area contributed by atoms with Crippen LogP contribution in [0.15, 0.2) is 59.1 Å². The summed E-state index contributed by atoms with van der Waals surface area (Å²) in [6.07, 6.45) is 1.82. The van der Waals surface area contributed by atoms with Gasteiger partial charge in [0.15, 0.2) is 11.5 Å². The average molecular weight is 486 g/mol. The minimum atomic E-state index is -0.334. The average Bonchev–Trinajstić information content (AvgIpc) is 3.53. The van der Waals surface area contributed by atoms with Gasteiger partial charge >= 0.3 is 0 Å². The number of halogens is 2. The third-order valence-electron chi connectivity index (χ3n) is 5.59. The molecule has 34 heavy (non-hydrogen) atoms. The number of amides is 2. The molecule has 178 valence electrons. The van der Waals surface area contributed by atoms with E-state index in [0.717, 1.165) is 18.4 Å². The van der Waals surface area contributed by atoms with Crippen LogP contribution in [0.25, 0.3) is 11.3 Å². The zero-order valence-electron chi connectivity index (χ0n) is 18.5.